The van der Waals surface area contributed by atoms with Crippen molar-refractivity contribution >= 4 is 5.69 Å². The molecule has 0 saturated heterocycles. The molecule has 20 heavy (non-hydrogen) atoms. The Morgan fingerprint density at radius 1 is 0.950 bits per heavy atom. The molecule has 2 aromatic carbocycles. The topological polar surface area (TPSA) is 32.3 Å². The van der Waals surface area contributed by atoms with Gasteiger partial charge in [0.15, 0.2) is 0 Å². The highest BCUT2D eigenvalue weighted by atomic mass is 19.4. The molecule has 0 amide bonds. The Hall–Kier alpha value is -2.01. The van der Waals surface area contributed by atoms with Gasteiger partial charge in [0.1, 0.15) is 0 Å². The minimum Gasteiger partial charge on any atom is -0.392 e. The number of rotatable bonds is 4. The van der Waals surface area contributed by atoms with Gasteiger partial charge < -0.3 is 10.4 Å². The Bertz CT molecular complexity index is 581. The zero-order valence-corrected chi connectivity index (χ0v) is 10.6. The van der Waals surface area contributed by atoms with Crippen molar-refractivity contribution < 1.29 is 18.3 Å². The predicted octanol–water partition coefficient (Wildman–Crippen LogP) is 3.81. The number of aliphatic hydroxyl groups is 1. The molecule has 0 spiro atoms. The number of para-hydroxylation sites is 1. The number of alkyl halides is 3. The number of benzene rings is 2. The van der Waals surface area contributed by atoms with E-state index in [1.54, 1.807) is 30.3 Å². The highest BCUT2D eigenvalue weighted by Gasteiger charge is 2.32. The molecule has 0 atom stereocenters. The first-order valence-corrected chi connectivity index (χ1v) is 6.09. The molecule has 0 aliphatic rings. The van der Waals surface area contributed by atoms with Crippen molar-refractivity contribution in [2.75, 3.05) is 5.32 Å². The quantitative estimate of drug-likeness (QED) is 0.893. The Morgan fingerprint density at radius 2 is 1.65 bits per heavy atom. The van der Waals surface area contributed by atoms with Gasteiger partial charge in [0, 0.05) is 12.2 Å². The van der Waals surface area contributed by atoms with Crippen LogP contribution in [0.3, 0.4) is 0 Å². The molecule has 0 aliphatic carbocycles. The minimum atomic E-state index is -4.38. The number of halogens is 3. The van der Waals surface area contributed by atoms with Gasteiger partial charge in [-0.25, -0.2) is 0 Å². The fraction of sp³-hybridized carbons (Fsp3) is 0.200. The summed E-state index contributed by atoms with van der Waals surface area (Å²) in [7, 11) is 0. The summed E-state index contributed by atoms with van der Waals surface area (Å²) in [6, 6.07) is 12.4. The molecule has 0 aliphatic heterocycles. The molecule has 2 N–H and O–H groups in total. The molecule has 2 nitrogen and oxygen atoms in total. The van der Waals surface area contributed by atoms with Crippen molar-refractivity contribution in [3.63, 3.8) is 0 Å². The summed E-state index contributed by atoms with van der Waals surface area (Å²) in [4.78, 5) is 0. The maximum Gasteiger partial charge on any atom is 0.418 e. The first kappa shape index (κ1) is 14.4. The van der Waals surface area contributed by atoms with Gasteiger partial charge in [-0.1, -0.05) is 36.4 Å². The Balaban J connectivity index is 2.15. The molecule has 0 fully saturated rings. The second kappa shape index (κ2) is 5.96. The van der Waals surface area contributed by atoms with Crippen LogP contribution in [-0.2, 0) is 19.3 Å². The lowest BCUT2D eigenvalue weighted by atomic mass is 10.1. The van der Waals surface area contributed by atoms with E-state index in [1.165, 1.54) is 12.1 Å². The maximum atomic E-state index is 12.8. The van der Waals surface area contributed by atoms with Gasteiger partial charge in [0.25, 0.3) is 0 Å². The zero-order valence-electron chi connectivity index (χ0n) is 10.6. The Kier molecular flexibility index (Phi) is 4.29. The normalized spacial score (nSPS) is 11.4. The number of aliphatic hydroxyl groups excluding tert-OH is 1. The number of hydrogen-bond acceptors (Lipinski definition) is 2. The van der Waals surface area contributed by atoms with Crippen molar-refractivity contribution in [1.82, 2.24) is 0 Å². The third-order valence-electron chi connectivity index (χ3n) is 2.89. The minimum absolute atomic E-state index is 0.0504. The van der Waals surface area contributed by atoms with E-state index in [0.29, 0.717) is 0 Å². The molecule has 5 heteroatoms. The van der Waals surface area contributed by atoms with E-state index in [2.05, 4.69) is 5.32 Å². The van der Waals surface area contributed by atoms with Gasteiger partial charge in [-0.15, -0.1) is 0 Å². The number of anilines is 1. The lowest BCUT2D eigenvalue weighted by Gasteiger charge is -2.14. The second-order valence-corrected chi connectivity index (χ2v) is 4.37. The number of nitrogens with one attached hydrogen (secondary N) is 1. The Morgan fingerprint density at radius 3 is 2.35 bits per heavy atom. The molecule has 2 rings (SSSR count). The third kappa shape index (κ3) is 3.51. The van der Waals surface area contributed by atoms with Crippen LogP contribution in [0.2, 0.25) is 0 Å². The zero-order chi connectivity index (χ0) is 14.6. The lowest BCUT2D eigenvalue weighted by molar-refractivity contribution is -0.136. The van der Waals surface area contributed by atoms with E-state index in [4.69, 9.17) is 5.11 Å². The van der Waals surface area contributed by atoms with Crippen LogP contribution in [0.15, 0.2) is 48.5 Å². The van der Waals surface area contributed by atoms with Crippen molar-refractivity contribution in [1.29, 1.82) is 0 Å². The van der Waals surface area contributed by atoms with Crippen LogP contribution in [0.25, 0.3) is 0 Å². The summed E-state index contributed by atoms with van der Waals surface area (Å²) in [5, 5.41) is 11.8. The fourth-order valence-corrected chi connectivity index (χ4v) is 1.92. The summed E-state index contributed by atoms with van der Waals surface area (Å²) in [6.07, 6.45) is -4.38. The van der Waals surface area contributed by atoms with E-state index in [1.807, 2.05) is 0 Å². The molecule has 0 aromatic heterocycles. The van der Waals surface area contributed by atoms with E-state index in [0.717, 1.165) is 17.2 Å². The fourth-order valence-electron chi connectivity index (χ4n) is 1.92. The average molecular weight is 281 g/mol. The first-order valence-electron chi connectivity index (χ1n) is 6.09. The molecule has 2 aromatic rings. The van der Waals surface area contributed by atoms with Gasteiger partial charge in [-0.3, -0.25) is 0 Å². The van der Waals surface area contributed by atoms with Crippen molar-refractivity contribution in [3.05, 3.63) is 65.2 Å². The van der Waals surface area contributed by atoms with Crippen LogP contribution >= 0.6 is 0 Å². The summed E-state index contributed by atoms with van der Waals surface area (Å²) in [5.41, 5.74) is 0.912. The van der Waals surface area contributed by atoms with Gasteiger partial charge in [0.2, 0.25) is 0 Å². The predicted molar refractivity (Wildman–Crippen MR) is 71.1 cm³/mol. The summed E-state index contributed by atoms with van der Waals surface area (Å²) < 4.78 is 38.5. The second-order valence-electron chi connectivity index (χ2n) is 4.37. The molecular formula is C15H14F3NO. The van der Waals surface area contributed by atoms with Crippen LogP contribution in [-0.4, -0.2) is 5.11 Å². The highest BCUT2D eigenvalue weighted by molar-refractivity contribution is 5.52. The third-order valence-corrected chi connectivity index (χ3v) is 2.89. The van der Waals surface area contributed by atoms with Crippen molar-refractivity contribution in [2.45, 2.75) is 19.3 Å². The largest absolute Gasteiger partial charge is 0.418 e. The SMILES string of the molecule is OCc1cccc(CNc2ccccc2C(F)(F)F)c1. The van der Waals surface area contributed by atoms with Crippen molar-refractivity contribution in [2.24, 2.45) is 0 Å². The van der Waals surface area contributed by atoms with Crippen LogP contribution in [0.4, 0.5) is 18.9 Å². The maximum absolute atomic E-state index is 12.8. The molecule has 0 saturated carbocycles. The first-order chi connectivity index (χ1) is 9.50. The molecule has 0 heterocycles. The van der Waals surface area contributed by atoms with Crippen LogP contribution < -0.4 is 5.32 Å². The molecule has 0 bridgehead atoms. The van der Waals surface area contributed by atoms with E-state index in [9.17, 15) is 13.2 Å². The Labute approximate surface area is 114 Å². The van der Waals surface area contributed by atoms with Crippen molar-refractivity contribution in [3.8, 4) is 0 Å². The lowest BCUT2D eigenvalue weighted by Crippen LogP contribution is -2.10. The molecule has 106 valence electrons. The van der Waals surface area contributed by atoms with Crippen LogP contribution in [0.5, 0.6) is 0 Å². The standard InChI is InChI=1S/C15H14F3NO/c16-15(17,18)13-6-1-2-7-14(13)19-9-11-4-3-5-12(8-11)10-20/h1-8,19-20H,9-10H2. The molecule has 0 unspecified atom stereocenters. The van der Waals surface area contributed by atoms with E-state index < -0.39 is 11.7 Å². The average Bonchev–Trinajstić information content (AvgIpc) is 2.44. The van der Waals surface area contributed by atoms with Gasteiger partial charge >= 0.3 is 6.18 Å². The van der Waals surface area contributed by atoms with Gasteiger partial charge in [-0.2, -0.15) is 13.2 Å². The highest BCUT2D eigenvalue weighted by Crippen LogP contribution is 2.34. The summed E-state index contributed by atoms with van der Waals surface area (Å²) >= 11 is 0. The van der Waals surface area contributed by atoms with E-state index >= 15 is 0 Å². The van der Waals surface area contributed by atoms with Crippen LogP contribution in [0.1, 0.15) is 16.7 Å². The molecule has 0 radical (unpaired) electrons. The van der Waals surface area contributed by atoms with Crippen LogP contribution in [0, 0.1) is 0 Å². The smallest absolute Gasteiger partial charge is 0.392 e. The summed E-state index contributed by atoms with van der Waals surface area (Å²) in [6.45, 7) is 0.175. The monoisotopic (exact) mass is 281 g/mol. The summed E-state index contributed by atoms with van der Waals surface area (Å²) in [5.74, 6) is 0. The van der Waals surface area contributed by atoms with Gasteiger partial charge in [0.05, 0.1) is 12.2 Å². The van der Waals surface area contributed by atoms with E-state index in [-0.39, 0.29) is 18.8 Å². The molecular weight excluding hydrogens is 267 g/mol. The number of hydrogen-bond donors (Lipinski definition) is 2. The van der Waals surface area contributed by atoms with Gasteiger partial charge in [-0.05, 0) is 23.3 Å².